The van der Waals surface area contributed by atoms with Crippen molar-refractivity contribution in [2.75, 3.05) is 31.7 Å². The smallest absolute Gasteiger partial charge is 0.323 e. The maximum Gasteiger partial charge on any atom is 0.323 e. The molecule has 0 amide bonds. The normalized spacial score (nSPS) is 10.7. The second-order valence-electron chi connectivity index (χ2n) is 4.62. The van der Waals surface area contributed by atoms with Gasteiger partial charge in [0.1, 0.15) is 6.54 Å². The molecule has 0 aliphatic rings. The number of rotatable bonds is 8. The minimum atomic E-state index is -0.947. The lowest BCUT2D eigenvalue weighted by Gasteiger charge is -2.21. The van der Waals surface area contributed by atoms with E-state index < -0.39 is 5.97 Å². The van der Waals surface area contributed by atoms with E-state index in [4.69, 9.17) is 14.6 Å². The van der Waals surface area contributed by atoms with Crippen LogP contribution in [0.25, 0.3) is 0 Å². The van der Waals surface area contributed by atoms with Gasteiger partial charge in [0.15, 0.2) is 0 Å². The highest BCUT2D eigenvalue weighted by molar-refractivity contribution is 5.72. The van der Waals surface area contributed by atoms with E-state index >= 15 is 0 Å². The van der Waals surface area contributed by atoms with E-state index in [1.54, 1.807) is 18.1 Å². The van der Waals surface area contributed by atoms with Crippen LogP contribution in [-0.4, -0.2) is 54.0 Å². The van der Waals surface area contributed by atoms with Crippen molar-refractivity contribution in [2.24, 2.45) is 0 Å². The summed E-state index contributed by atoms with van der Waals surface area (Å²) < 4.78 is 10.5. The molecule has 1 aromatic rings. The number of hydrogen-bond donors (Lipinski definition) is 1. The minimum Gasteiger partial charge on any atom is -0.480 e. The van der Waals surface area contributed by atoms with E-state index in [2.05, 4.69) is 9.97 Å². The first-order chi connectivity index (χ1) is 9.42. The molecule has 0 fully saturated rings. The summed E-state index contributed by atoms with van der Waals surface area (Å²) in [4.78, 5) is 21.0. The third-order valence-corrected chi connectivity index (χ3v) is 2.35. The van der Waals surface area contributed by atoms with Crippen LogP contribution in [0, 0.1) is 6.92 Å². The third kappa shape index (κ3) is 5.40. The van der Waals surface area contributed by atoms with Gasteiger partial charge in [0.25, 0.3) is 0 Å². The highest BCUT2D eigenvalue weighted by atomic mass is 16.5. The van der Waals surface area contributed by atoms with Gasteiger partial charge in [-0.25, -0.2) is 4.98 Å². The van der Waals surface area contributed by atoms with Gasteiger partial charge in [-0.2, -0.15) is 4.98 Å². The first kappa shape index (κ1) is 16.2. The molecule has 7 nitrogen and oxygen atoms in total. The van der Waals surface area contributed by atoms with E-state index in [0.717, 1.165) is 5.69 Å². The van der Waals surface area contributed by atoms with Crippen molar-refractivity contribution in [2.45, 2.75) is 26.9 Å². The number of carbonyl (C=O) groups is 1. The maximum atomic E-state index is 10.9. The summed E-state index contributed by atoms with van der Waals surface area (Å²) in [5.74, 6) is -0.173. The molecule has 112 valence electrons. The number of aryl methyl sites for hydroxylation is 1. The average Bonchev–Trinajstić information content (AvgIpc) is 2.32. The molecule has 1 rings (SSSR count). The standard InChI is InChI=1S/C13H21N3O4/c1-9(2)20-11-7-10(3)14-13(15-11)16(5-6-19-4)8-12(17)18/h7,9H,5-6,8H2,1-4H3,(H,17,18). The molecule has 0 bridgehead atoms. The fourth-order valence-corrected chi connectivity index (χ4v) is 1.58. The monoisotopic (exact) mass is 283 g/mol. The Balaban J connectivity index is 2.98. The molecule has 0 unspecified atom stereocenters. The Morgan fingerprint density at radius 1 is 1.45 bits per heavy atom. The molecule has 0 atom stereocenters. The van der Waals surface area contributed by atoms with Gasteiger partial charge < -0.3 is 19.5 Å². The molecular formula is C13H21N3O4. The van der Waals surface area contributed by atoms with Gasteiger partial charge in [0, 0.05) is 25.4 Å². The van der Waals surface area contributed by atoms with Crippen LogP contribution in [0.15, 0.2) is 6.07 Å². The zero-order valence-corrected chi connectivity index (χ0v) is 12.3. The Hall–Kier alpha value is -1.89. The summed E-state index contributed by atoms with van der Waals surface area (Å²) >= 11 is 0. The summed E-state index contributed by atoms with van der Waals surface area (Å²) in [7, 11) is 1.56. The first-order valence-electron chi connectivity index (χ1n) is 6.40. The lowest BCUT2D eigenvalue weighted by atomic mass is 10.4. The zero-order valence-electron chi connectivity index (χ0n) is 12.3. The molecule has 7 heteroatoms. The van der Waals surface area contributed by atoms with E-state index in [9.17, 15) is 4.79 Å². The average molecular weight is 283 g/mol. The quantitative estimate of drug-likeness (QED) is 0.765. The Morgan fingerprint density at radius 3 is 2.70 bits per heavy atom. The predicted octanol–water partition coefficient (Wildman–Crippen LogP) is 1.11. The number of carboxylic acid groups (broad SMARTS) is 1. The van der Waals surface area contributed by atoms with Gasteiger partial charge in [-0.3, -0.25) is 4.79 Å². The molecule has 0 aliphatic carbocycles. The number of aliphatic carboxylic acids is 1. The van der Waals surface area contributed by atoms with Gasteiger partial charge in [-0.15, -0.1) is 0 Å². The van der Waals surface area contributed by atoms with Crippen LogP contribution in [0.4, 0.5) is 5.95 Å². The predicted molar refractivity (Wildman–Crippen MR) is 74.3 cm³/mol. The Morgan fingerprint density at radius 2 is 2.15 bits per heavy atom. The van der Waals surface area contributed by atoms with E-state index in [-0.39, 0.29) is 12.6 Å². The lowest BCUT2D eigenvalue weighted by molar-refractivity contribution is -0.135. The van der Waals surface area contributed by atoms with Gasteiger partial charge >= 0.3 is 5.97 Å². The second kappa shape index (κ2) is 7.64. The summed E-state index contributed by atoms with van der Waals surface area (Å²) in [6.07, 6.45) is -0.0101. The number of carboxylic acids is 1. The summed E-state index contributed by atoms with van der Waals surface area (Å²) in [6.45, 7) is 6.22. The Kier molecular flexibility index (Phi) is 6.17. The van der Waals surface area contributed by atoms with Crippen LogP contribution >= 0.6 is 0 Å². The molecule has 0 radical (unpaired) electrons. The van der Waals surface area contributed by atoms with Crippen LogP contribution in [0.3, 0.4) is 0 Å². The van der Waals surface area contributed by atoms with Crippen molar-refractivity contribution >= 4 is 11.9 Å². The highest BCUT2D eigenvalue weighted by Gasteiger charge is 2.15. The van der Waals surface area contributed by atoms with E-state index in [1.807, 2.05) is 20.8 Å². The number of anilines is 1. The topological polar surface area (TPSA) is 84.8 Å². The number of hydrogen-bond acceptors (Lipinski definition) is 6. The highest BCUT2D eigenvalue weighted by Crippen LogP contribution is 2.16. The second-order valence-corrected chi connectivity index (χ2v) is 4.62. The molecule has 0 saturated carbocycles. The van der Waals surface area contributed by atoms with Crippen molar-refractivity contribution in [3.8, 4) is 5.88 Å². The molecule has 0 spiro atoms. The number of ether oxygens (including phenoxy) is 2. The SMILES string of the molecule is COCCN(CC(=O)O)c1nc(C)cc(OC(C)C)n1. The molecule has 0 saturated heterocycles. The van der Waals surface area contributed by atoms with Crippen LogP contribution in [0.2, 0.25) is 0 Å². The Labute approximate surface area is 118 Å². The van der Waals surface area contributed by atoms with E-state index in [0.29, 0.717) is 25.0 Å². The van der Waals surface area contributed by atoms with Crippen LogP contribution < -0.4 is 9.64 Å². The van der Waals surface area contributed by atoms with Gasteiger partial charge in [-0.05, 0) is 20.8 Å². The van der Waals surface area contributed by atoms with Crippen LogP contribution in [0.5, 0.6) is 5.88 Å². The maximum absolute atomic E-state index is 10.9. The summed E-state index contributed by atoms with van der Waals surface area (Å²) in [5.41, 5.74) is 0.721. The van der Waals surface area contributed by atoms with Crippen LogP contribution in [0.1, 0.15) is 19.5 Å². The Bertz CT molecular complexity index is 451. The zero-order chi connectivity index (χ0) is 15.1. The first-order valence-corrected chi connectivity index (χ1v) is 6.40. The van der Waals surface area contributed by atoms with Crippen molar-refractivity contribution in [1.29, 1.82) is 0 Å². The van der Waals surface area contributed by atoms with Crippen molar-refractivity contribution in [3.63, 3.8) is 0 Å². The van der Waals surface area contributed by atoms with Crippen molar-refractivity contribution in [3.05, 3.63) is 11.8 Å². The molecule has 0 aromatic carbocycles. The number of methoxy groups -OCH3 is 1. The molecule has 1 N–H and O–H groups in total. The van der Waals surface area contributed by atoms with E-state index in [1.165, 1.54) is 0 Å². The minimum absolute atomic E-state index is 0.0101. The van der Waals surface area contributed by atoms with Crippen molar-refractivity contribution < 1.29 is 19.4 Å². The summed E-state index contributed by atoms with van der Waals surface area (Å²) in [5, 5.41) is 8.96. The van der Waals surface area contributed by atoms with Gasteiger partial charge in [0.05, 0.1) is 12.7 Å². The van der Waals surface area contributed by atoms with Gasteiger partial charge in [0.2, 0.25) is 11.8 Å². The largest absolute Gasteiger partial charge is 0.480 e. The van der Waals surface area contributed by atoms with Crippen LogP contribution in [-0.2, 0) is 9.53 Å². The lowest BCUT2D eigenvalue weighted by Crippen LogP contribution is -2.34. The number of nitrogens with zero attached hydrogens (tertiary/aromatic N) is 3. The fraction of sp³-hybridized carbons (Fsp3) is 0.615. The van der Waals surface area contributed by atoms with Crippen molar-refractivity contribution in [1.82, 2.24) is 9.97 Å². The molecular weight excluding hydrogens is 262 g/mol. The van der Waals surface area contributed by atoms with Gasteiger partial charge in [-0.1, -0.05) is 0 Å². The fourth-order valence-electron chi connectivity index (χ4n) is 1.58. The number of aromatic nitrogens is 2. The molecule has 20 heavy (non-hydrogen) atoms. The third-order valence-electron chi connectivity index (χ3n) is 2.35. The molecule has 1 heterocycles. The summed E-state index contributed by atoms with van der Waals surface area (Å²) in [6, 6.07) is 1.72. The molecule has 0 aliphatic heterocycles. The molecule has 1 aromatic heterocycles.